The fourth-order valence-corrected chi connectivity index (χ4v) is 3.15. The van der Waals surface area contributed by atoms with E-state index in [0.717, 1.165) is 4.31 Å². The van der Waals surface area contributed by atoms with Crippen LogP contribution in [0.4, 0.5) is 0 Å². The number of nitrogens with two attached hydrogens (primary N) is 1. The lowest BCUT2D eigenvalue weighted by Gasteiger charge is -2.27. The largest absolute Gasteiger partial charge is 0.369 e. The summed E-state index contributed by atoms with van der Waals surface area (Å²) >= 11 is 0. The quantitative estimate of drug-likeness (QED) is 0.613. The molecular weight excluding hydrogens is 280 g/mol. The van der Waals surface area contributed by atoms with E-state index in [-0.39, 0.29) is 18.7 Å². The van der Waals surface area contributed by atoms with Gasteiger partial charge in [0, 0.05) is 18.7 Å². The number of amides is 1. The van der Waals surface area contributed by atoms with Crippen LogP contribution in [-0.4, -0.2) is 42.0 Å². The second kappa shape index (κ2) is 6.49. The van der Waals surface area contributed by atoms with Gasteiger partial charge in [0.05, 0.1) is 0 Å². The standard InChI is InChI=1S/C12H18N4O3S/c1-3-15(4-2)20(18,19)16(12(13)14)11(17)10-8-6-5-7-9-10/h5-9H,3-4H2,1-2H3,(H3,13,14). The van der Waals surface area contributed by atoms with Crippen LogP contribution < -0.4 is 5.73 Å². The molecule has 3 N–H and O–H groups in total. The molecule has 20 heavy (non-hydrogen) atoms. The van der Waals surface area contributed by atoms with Crippen molar-refractivity contribution < 1.29 is 13.2 Å². The van der Waals surface area contributed by atoms with E-state index in [2.05, 4.69) is 0 Å². The molecule has 0 aliphatic rings. The second-order valence-corrected chi connectivity index (χ2v) is 5.69. The summed E-state index contributed by atoms with van der Waals surface area (Å²) < 4.78 is 26.1. The average Bonchev–Trinajstić information content (AvgIpc) is 2.40. The van der Waals surface area contributed by atoms with Gasteiger partial charge in [-0.15, -0.1) is 0 Å². The van der Waals surface area contributed by atoms with E-state index < -0.39 is 22.1 Å². The van der Waals surface area contributed by atoms with Crippen molar-refractivity contribution >= 4 is 22.1 Å². The van der Waals surface area contributed by atoms with Gasteiger partial charge in [-0.05, 0) is 12.1 Å². The molecule has 0 aromatic heterocycles. The highest BCUT2D eigenvalue weighted by atomic mass is 32.2. The van der Waals surface area contributed by atoms with Gasteiger partial charge in [0.1, 0.15) is 0 Å². The predicted molar refractivity (Wildman–Crippen MR) is 76.4 cm³/mol. The molecule has 1 rings (SSSR count). The van der Waals surface area contributed by atoms with Crippen molar-refractivity contribution in [2.75, 3.05) is 13.1 Å². The summed E-state index contributed by atoms with van der Waals surface area (Å²) in [5.41, 5.74) is 5.44. The SMILES string of the molecule is CCN(CC)S(=O)(=O)N(C(=N)N)C(=O)c1ccccc1. The van der Waals surface area contributed by atoms with Gasteiger partial charge in [-0.3, -0.25) is 10.2 Å². The van der Waals surface area contributed by atoms with Crippen LogP contribution in [0.3, 0.4) is 0 Å². The van der Waals surface area contributed by atoms with E-state index in [4.69, 9.17) is 11.1 Å². The Bertz CT molecular complexity index is 582. The van der Waals surface area contributed by atoms with Gasteiger partial charge in [0.25, 0.3) is 5.91 Å². The molecule has 0 radical (unpaired) electrons. The number of hydrogen-bond donors (Lipinski definition) is 2. The van der Waals surface area contributed by atoms with Crippen molar-refractivity contribution in [3.05, 3.63) is 35.9 Å². The number of hydrogen-bond acceptors (Lipinski definition) is 4. The third-order valence-electron chi connectivity index (χ3n) is 2.69. The molecule has 0 saturated heterocycles. The summed E-state index contributed by atoms with van der Waals surface area (Å²) in [4.78, 5) is 12.3. The molecule has 0 spiro atoms. The molecule has 0 aliphatic carbocycles. The number of nitrogens with zero attached hydrogens (tertiary/aromatic N) is 2. The summed E-state index contributed by atoms with van der Waals surface area (Å²) in [5, 5.41) is 7.41. The lowest BCUT2D eigenvalue weighted by molar-refractivity contribution is 0.0907. The van der Waals surface area contributed by atoms with Crippen molar-refractivity contribution in [2.45, 2.75) is 13.8 Å². The highest BCUT2D eigenvalue weighted by molar-refractivity contribution is 7.87. The van der Waals surface area contributed by atoms with Gasteiger partial charge >= 0.3 is 10.2 Å². The van der Waals surface area contributed by atoms with Crippen molar-refractivity contribution in [1.29, 1.82) is 5.41 Å². The highest BCUT2D eigenvalue weighted by Crippen LogP contribution is 2.13. The van der Waals surface area contributed by atoms with Crippen LogP contribution in [0.2, 0.25) is 0 Å². The van der Waals surface area contributed by atoms with E-state index in [1.165, 1.54) is 12.1 Å². The first kappa shape index (κ1) is 16.1. The minimum atomic E-state index is -4.14. The number of guanidine groups is 1. The van der Waals surface area contributed by atoms with Crippen LogP contribution in [0.25, 0.3) is 0 Å². The van der Waals surface area contributed by atoms with Gasteiger partial charge in [-0.25, -0.2) is 0 Å². The maximum Gasteiger partial charge on any atom is 0.313 e. The van der Waals surface area contributed by atoms with Crippen LogP contribution in [0.1, 0.15) is 24.2 Å². The number of carbonyl (C=O) groups is 1. The Labute approximate surface area is 118 Å². The molecule has 1 aromatic rings. The minimum absolute atomic E-state index is 0.151. The van der Waals surface area contributed by atoms with Crippen molar-refractivity contribution in [1.82, 2.24) is 8.61 Å². The fraction of sp³-hybridized carbons (Fsp3) is 0.333. The minimum Gasteiger partial charge on any atom is -0.369 e. The Kier molecular flexibility index (Phi) is 5.23. The zero-order chi connectivity index (χ0) is 15.3. The maximum absolute atomic E-state index is 12.4. The molecule has 0 saturated carbocycles. The van der Waals surface area contributed by atoms with E-state index in [1.807, 2.05) is 0 Å². The molecule has 0 unspecified atom stereocenters. The van der Waals surface area contributed by atoms with Gasteiger partial charge in [-0.1, -0.05) is 32.0 Å². The van der Waals surface area contributed by atoms with Gasteiger partial charge in [0.2, 0.25) is 5.96 Å². The molecule has 0 fully saturated rings. The first-order valence-corrected chi connectivity index (χ1v) is 7.49. The smallest absolute Gasteiger partial charge is 0.313 e. The molecular formula is C12H18N4O3S. The van der Waals surface area contributed by atoms with E-state index in [1.54, 1.807) is 32.0 Å². The van der Waals surface area contributed by atoms with Gasteiger partial charge < -0.3 is 5.73 Å². The van der Waals surface area contributed by atoms with Crippen molar-refractivity contribution in [2.24, 2.45) is 5.73 Å². The molecule has 0 heterocycles. The molecule has 8 heteroatoms. The summed E-state index contributed by atoms with van der Waals surface area (Å²) in [6, 6.07) is 7.85. The zero-order valence-electron chi connectivity index (χ0n) is 11.4. The third kappa shape index (κ3) is 3.14. The highest BCUT2D eigenvalue weighted by Gasteiger charge is 2.34. The normalized spacial score (nSPS) is 11.3. The van der Waals surface area contributed by atoms with Gasteiger partial charge in [0.15, 0.2) is 0 Å². The molecule has 1 amide bonds. The maximum atomic E-state index is 12.4. The van der Waals surface area contributed by atoms with Crippen LogP contribution in [0, 0.1) is 5.41 Å². The number of rotatable bonds is 5. The van der Waals surface area contributed by atoms with Crippen molar-refractivity contribution in [3.63, 3.8) is 0 Å². The van der Waals surface area contributed by atoms with Crippen LogP contribution in [0.15, 0.2) is 30.3 Å². The zero-order valence-corrected chi connectivity index (χ0v) is 12.2. The fourth-order valence-electron chi connectivity index (χ4n) is 1.70. The molecule has 0 aliphatic heterocycles. The monoisotopic (exact) mass is 298 g/mol. The molecule has 7 nitrogen and oxygen atoms in total. The van der Waals surface area contributed by atoms with E-state index in [9.17, 15) is 13.2 Å². The Balaban J connectivity index is 3.26. The number of nitrogens with one attached hydrogen (secondary N) is 1. The van der Waals surface area contributed by atoms with Gasteiger partial charge in [-0.2, -0.15) is 17.0 Å². The predicted octanol–water partition coefficient (Wildman–Crippen LogP) is 0.609. The summed E-state index contributed by atoms with van der Waals surface area (Å²) in [6.45, 7) is 3.66. The first-order chi connectivity index (χ1) is 9.36. The topological polar surface area (TPSA) is 108 Å². The molecule has 1 aromatic carbocycles. The van der Waals surface area contributed by atoms with E-state index in [0.29, 0.717) is 4.31 Å². The molecule has 0 atom stereocenters. The summed E-state index contributed by atoms with van der Waals surface area (Å²) in [6.07, 6.45) is 0. The second-order valence-electron chi connectivity index (χ2n) is 3.91. The summed E-state index contributed by atoms with van der Waals surface area (Å²) in [5.74, 6) is -1.67. The third-order valence-corrected chi connectivity index (χ3v) is 4.68. The lowest BCUT2D eigenvalue weighted by atomic mass is 10.2. The van der Waals surface area contributed by atoms with Crippen LogP contribution >= 0.6 is 0 Å². The lowest BCUT2D eigenvalue weighted by Crippen LogP contribution is -2.52. The number of benzene rings is 1. The van der Waals surface area contributed by atoms with E-state index >= 15 is 0 Å². The Morgan fingerprint density at radius 2 is 1.70 bits per heavy atom. The van der Waals surface area contributed by atoms with Crippen molar-refractivity contribution in [3.8, 4) is 0 Å². The number of carbonyl (C=O) groups excluding carboxylic acids is 1. The Hall–Kier alpha value is -1.93. The van der Waals surface area contributed by atoms with Crippen LogP contribution in [0.5, 0.6) is 0 Å². The Morgan fingerprint density at radius 1 is 1.20 bits per heavy atom. The average molecular weight is 298 g/mol. The molecule has 0 bridgehead atoms. The van der Waals surface area contributed by atoms with Crippen LogP contribution in [-0.2, 0) is 10.2 Å². The Morgan fingerprint density at radius 3 is 2.10 bits per heavy atom. The first-order valence-electron chi connectivity index (χ1n) is 6.10. The summed E-state index contributed by atoms with van der Waals surface area (Å²) in [7, 11) is -4.14. The molecule has 110 valence electrons.